The quantitative estimate of drug-likeness (QED) is 0.517. The molecule has 0 nitrogen and oxygen atoms in total. The van der Waals surface area contributed by atoms with E-state index in [0.29, 0.717) is 0 Å². The van der Waals surface area contributed by atoms with Crippen LogP contribution in [0.5, 0.6) is 0 Å². The molecule has 0 N–H and O–H groups in total. The normalized spacial score (nSPS) is 6.00. The number of hydrogen-bond donors (Lipinski definition) is 0. The van der Waals surface area contributed by atoms with Crippen molar-refractivity contribution in [3.8, 4) is 0 Å². The predicted octanol–water partition coefficient (Wildman–Crippen LogP) is -0.747. The average molecular weight is 307 g/mol. The van der Waals surface area contributed by atoms with E-state index in [9.17, 15) is 0 Å². The van der Waals surface area contributed by atoms with Crippen LogP contribution in [-0.4, -0.2) is 48.9 Å². The van der Waals surface area contributed by atoms with Crippen LogP contribution in [0.1, 0.15) is 20.8 Å². The Morgan fingerprint density at radius 2 is 0.833 bits per heavy atom. The Balaban J connectivity index is -0.0000000450. The van der Waals surface area contributed by atoms with Crippen molar-refractivity contribution < 1.29 is 0 Å². The van der Waals surface area contributed by atoms with Crippen molar-refractivity contribution in [1.82, 2.24) is 0 Å². The zero-order valence-corrected chi connectivity index (χ0v) is 13.0. The van der Waals surface area contributed by atoms with Gasteiger partial charge in [0.1, 0.15) is 0 Å². The summed E-state index contributed by atoms with van der Waals surface area (Å²) in [5, 5.41) is 0. The molecular formula is C4H15Sb2. The third-order valence-corrected chi connectivity index (χ3v) is 0. The van der Waals surface area contributed by atoms with Crippen LogP contribution < -0.4 is 0 Å². The minimum absolute atomic E-state index is 0. The first-order chi connectivity index (χ1) is 1.73. The van der Waals surface area contributed by atoms with Crippen molar-refractivity contribution in [3.63, 3.8) is 0 Å². The Morgan fingerprint density at radius 1 is 0.833 bits per heavy atom. The molecule has 0 unspecified atom stereocenters. The summed E-state index contributed by atoms with van der Waals surface area (Å²) in [5.41, 5.74) is 0. The van der Waals surface area contributed by atoms with Crippen molar-refractivity contribution in [2.24, 2.45) is 0 Å². The van der Waals surface area contributed by atoms with Gasteiger partial charge in [-0.1, -0.05) is 20.8 Å². The molecule has 0 amide bonds. The zero-order valence-electron chi connectivity index (χ0n) is 4.91. The summed E-state index contributed by atoms with van der Waals surface area (Å²) in [6.07, 6.45) is 0. The third kappa shape index (κ3) is 45.2. The average Bonchev–Trinajstić information content (AvgIpc) is 0.811. The molecular weight excluding hydrogens is 292 g/mol. The number of hydrogen-bond acceptors (Lipinski definition) is 0. The van der Waals surface area contributed by atoms with Gasteiger partial charge in [-0.2, -0.15) is 0 Å². The van der Waals surface area contributed by atoms with Gasteiger partial charge in [-0.15, -0.1) is 0 Å². The zero-order chi connectivity index (χ0) is 3.58. The topological polar surface area (TPSA) is 0 Å². The Labute approximate surface area is 75.0 Å². The Hall–Kier alpha value is 1.64. The molecule has 0 aromatic carbocycles. The van der Waals surface area contributed by atoms with E-state index in [1.165, 1.54) is 5.92 Å². The maximum atomic E-state index is 2.08. The van der Waals surface area contributed by atoms with E-state index in [-0.39, 0.29) is 48.9 Å². The van der Waals surface area contributed by atoms with Crippen LogP contribution in [-0.2, 0) is 0 Å². The summed E-state index contributed by atoms with van der Waals surface area (Å²) in [4.78, 5) is 0. The van der Waals surface area contributed by atoms with E-state index in [0.717, 1.165) is 0 Å². The molecule has 0 rings (SSSR count). The number of rotatable bonds is 0. The van der Waals surface area contributed by atoms with Gasteiger partial charge >= 0.3 is 48.9 Å². The summed E-state index contributed by atoms with van der Waals surface area (Å²) < 4.78 is 0. The molecule has 0 aliphatic rings. The summed E-state index contributed by atoms with van der Waals surface area (Å²) in [5.74, 6) is 1.42. The second kappa shape index (κ2) is 9.81. The molecule has 6 heavy (non-hydrogen) atoms. The van der Waals surface area contributed by atoms with Crippen LogP contribution >= 0.6 is 0 Å². The minimum atomic E-state index is 0. The first kappa shape index (κ1) is 15.6. The van der Waals surface area contributed by atoms with E-state index in [2.05, 4.69) is 20.8 Å². The summed E-state index contributed by atoms with van der Waals surface area (Å²) in [7, 11) is 0. The van der Waals surface area contributed by atoms with Crippen LogP contribution in [0.3, 0.4) is 0 Å². The van der Waals surface area contributed by atoms with Crippen LogP contribution in [0.4, 0.5) is 0 Å². The van der Waals surface area contributed by atoms with E-state index < -0.39 is 0 Å². The van der Waals surface area contributed by atoms with Crippen molar-refractivity contribution >= 4 is 48.9 Å². The first-order valence-corrected chi connectivity index (χ1v) is 1.50. The second-order valence-electron chi connectivity index (χ2n) is 1.50. The van der Waals surface area contributed by atoms with Gasteiger partial charge in [0.2, 0.25) is 0 Å². The van der Waals surface area contributed by atoms with E-state index in [1.807, 2.05) is 0 Å². The molecule has 41 valence electrons. The Morgan fingerprint density at radius 3 is 0.833 bits per heavy atom. The van der Waals surface area contributed by atoms with Crippen molar-refractivity contribution in [3.05, 3.63) is 5.92 Å². The van der Waals surface area contributed by atoms with E-state index in [1.54, 1.807) is 0 Å². The van der Waals surface area contributed by atoms with Crippen molar-refractivity contribution in [1.29, 1.82) is 0 Å². The monoisotopic (exact) mass is 305 g/mol. The molecule has 0 heterocycles. The third-order valence-electron chi connectivity index (χ3n) is 0. The summed E-state index contributed by atoms with van der Waals surface area (Å²) >= 11 is 0. The van der Waals surface area contributed by atoms with Crippen LogP contribution in [0, 0.1) is 5.92 Å². The van der Waals surface area contributed by atoms with Gasteiger partial charge in [-0.05, 0) is 5.92 Å². The molecule has 0 saturated heterocycles. The maximum absolute atomic E-state index is 2.08. The van der Waals surface area contributed by atoms with Gasteiger partial charge in [0.15, 0.2) is 0 Å². The standard InChI is InChI=1S/C4H9.2Sb.6H/c1-4(2)3;;;;;;;;/h1-3H3;;;;;;;;. The fourth-order valence-corrected chi connectivity index (χ4v) is 0. The molecule has 0 spiro atoms. The van der Waals surface area contributed by atoms with Crippen LogP contribution in [0.15, 0.2) is 0 Å². The van der Waals surface area contributed by atoms with Gasteiger partial charge in [0.25, 0.3) is 0 Å². The summed E-state index contributed by atoms with van der Waals surface area (Å²) in [6, 6.07) is 0. The molecule has 0 aliphatic heterocycles. The van der Waals surface area contributed by atoms with Crippen molar-refractivity contribution in [2.45, 2.75) is 20.8 Å². The van der Waals surface area contributed by atoms with Gasteiger partial charge in [-0.25, -0.2) is 0 Å². The predicted molar refractivity (Wildman–Crippen MR) is 40.1 cm³/mol. The van der Waals surface area contributed by atoms with Gasteiger partial charge in [-0.3, -0.25) is 0 Å². The Kier molecular flexibility index (Phi) is 25.6. The first-order valence-electron chi connectivity index (χ1n) is 1.50. The van der Waals surface area contributed by atoms with Gasteiger partial charge in [0.05, 0.1) is 0 Å². The SMILES string of the molecule is C[C](C)C.[SbH3].[SbH3]. The molecule has 0 saturated carbocycles. The van der Waals surface area contributed by atoms with Gasteiger partial charge < -0.3 is 0 Å². The Bertz CT molecular complexity index is 10.3. The fourth-order valence-electron chi connectivity index (χ4n) is 0. The van der Waals surface area contributed by atoms with Crippen LogP contribution in [0.25, 0.3) is 0 Å². The van der Waals surface area contributed by atoms with E-state index in [4.69, 9.17) is 0 Å². The van der Waals surface area contributed by atoms with Crippen LogP contribution in [0.2, 0.25) is 0 Å². The molecule has 2 heteroatoms. The summed E-state index contributed by atoms with van der Waals surface area (Å²) in [6.45, 7) is 6.25. The van der Waals surface area contributed by atoms with Crippen molar-refractivity contribution in [2.75, 3.05) is 0 Å². The van der Waals surface area contributed by atoms with E-state index >= 15 is 0 Å². The molecule has 0 aliphatic carbocycles. The fraction of sp³-hybridized carbons (Fsp3) is 0.750. The molecule has 0 atom stereocenters. The second-order valence-corrected chi connectivity index (χ2v) is 1.50. The van der Waals surface area contributed by atoms with Gasteiger partial charge in [0, 0.05) is 0 Å². The molecule has 0 aromatic rings. The molecule has 1 radical (unpaired) electrons. The molecule has 0 bridgehead atoms. The molecule has 0 aromatic heterocycles. The molecule has 0 fully saturated rings.